The molecular formula is C22H23FN4O4S. The summed E-state index contributed by atoms with van der Waals surface area (Å²) in [4.78, 5) is 37.5. The molecule has 0 spiro atoms. The number of amidine groups is 1. The van der Waals surface area contributed by atoms with Crippen LogP contribution >= 0.6 is 11.3 Å². The third kappa shape index (κ3) is 4.28. The highest BCUT2D eigenvalue weighted by Crippen LogP contribution is 2.39. The van der Waals surface area contributed by atoms with Crippen LogP contribution in [-0.2, 0) is 14.3 Å². The number of fused-ring (bicyclic) bond motifs is 1. The van der Waals surface area contributed by atoms with E-state index in [1.807, 2.05) is 10.3 Å². The number of benzene rings is 1. The second-order valence-electron chi connectivity index (χ2n) is 7.53. The van der Waals surface area contributed by atoms with Crippen LogP contribution in [-0.4, -0.2) is 70.5 Å². The van der Waals surface area contributed by atoms with Gasteiger partial charge in [-0.2, -0.15) is 0 Å². The standard InChI is InChI=1S/C22H23FN4O4S/c1-3-31-22(30)18-16-11-26(12-17(28)29)7-8-27(16)20(21-24-6-9-32-21)25-19(18)15-5-4-14(23)10-13(15)2/h4-6,9-10,19H,3,7-8,11-12H2,1-2H3,(H,28,29)/t19-/m0/s1. The number of ether oxygens (including phenoxy) is 1. The van der Waals surface area contributed by atoms with Crippen LogP contribution in [0.15, 0.2) is 46.0 Å². The van der Waals surface area contributed by atoms with Crippen LogP contribution in [0.25, 0.3) is 0 Å². The van der Waals surface area contributed by atoms with Crippen molar-refractivity contribution in [3.8, 4) is 0 Å². The van der Waals surface area contributed by atoms with E-state index in [0.29, 0.717) is 46.3 Å². The summed E-state index contributed by atoms with van der Waals surface area (Å²) in [5.74, 6) is -1.21. The Morgan fingerprint density at radius 2 is 2.16 bits per heavy atom. The van der Waals surface area contributed by atoms with Crippen LogP contribution in [0.5, 0.6) is 0 Å². The molecule has 3 heterocycles. The Morgan fingerprint density at radius 3 is 2.81 bits per heavy atom. The van der Waals surface area contributed by atoms with E-state index in [1.54, 1.807) is 31.0 Å². The number of esters is 1. The molecule has 2 aromatic rings. The molecular weight excluding hydrogens is 435 g/mol. The summed E-state index contributed by atoms with van der Waals surface area (Å²) in [6.07, 6.45) is 1.69. The maximum absolute atomic E-state index is 13.8. The smallest absolute Gasteiger partial charge is 0.338 e. The first-order chi connectivity index (χ1) is 15.4. The minimum absolute atomic E-state index is 0.141. The number of aryl methyl sites for hydroxylation is 1. The summed E-state index contributed by atoms with van der Waals surface area (Å²) < 4.78 is 19.2. The highest BCUT2D eigenvalue weighted by atomic mass is 32.1. The van der Waals surface area contributed by atoms with Gasteiger partial charge in [0.05, 0.1) is 18.7 Å². The molecule has 2 aliphatic heterocycles. The van der Waals surface area contributed by atoms with Crippen molar-refractivity contribution >= 4 is 29.1 Å². The number of aromatic nitrogens is 1. The zero-order valence-corrected chi connectivity index (χ0v) is 18.6. The van der Waals surface area contributed by atoms with Gasteiger partial charge in [-0.1, -0.05) is 6.07 Å². The molecule has 10 heteroatoms. The lowest BCUT2D eigenvalue weighted by molar-refractivity contribution is -0.139. The number of carboxylic acid groups (broad SMARTS) is 1. The minimum Gasteiger partial charge on any atom is -0.480 e. The van der Waals surface area contributed by atoms with Gasteiger partial charge >= 0.3 is 11.9 Å². The van der Waals surface area contributed by atoms with Crippen molar-refractivity contribution in [2.75, 3.05) is 32.8 Å². The molecule has 1 aromatic heterocycles. The first kappa shape index (κ1) is 22.1. The molecule has 0 radical (unpaired) electrons. The van der Waals surface area contributed by atoms with Gasteiger partial charge in [-0.3, -0.25) is 14.7 Å². The molecule has 0 aliphatic carbocycles. The fourth-order valence-electron chi connectivity index (χ4n) is 4.07. The summed E-state index contributed by atoms with van der Waals surface area (Å²) in [7, 11) is 0. The van der Waals surface area contributed by atoms with E-state index in [-0.39, 0.29) is 25.5 Å². The highest BCUT2D eigenvalue weighted by Gasteiger charge is 2.40. The second-order valence-corrected chi connectivity index (χ2v) is 8.42. The molecule has 0 saturated carbocycles. The third-order valence-corrected chi connectivity index (χ3v) is 6.20. The molecule has 4 rings (SSSR count). The van der Waals surface area contributed by atoms with E-state index >= 15 is 0 Å². The molecule has 1 atom stereocenters. The van der Waals surface area contributed by atoms with Gasteiger partial charge in [-0.05, 0) is 37.1 Å². The monoisotopic (exact) mass is 458 g/mol. The average molecular weight is 459 g/mol. The van der Waals surface area contributed by atoms with E-state index in [2.05, 4.69) is 4.98 Å². The van der Waals surface area contributed by atoms with E-state index in [4.69, 9.17) is 9.73 Å². The Kier molecular flexibility index (Phi) is 6.33. The number of hydrogen-bond donors (Lipinski definition) is 1. The van der Waals surface area contributed by atoms with Gasteiger partial charge in [0.2, 0.25) is 0 Å². The summed E-state index contributed by atoms with van der Waals surface area (Å²) in [6.45, 7) is 4.75. The van der Waals surface area contributed by atoms with Crippen LogP contribution < -0.4 is 0 Å². The number of hydrogen-bond acceptors (Lipinski definition) is 8. The lowest BCUT2D eigenvalue weighted by Crippen LogP contribution is -2.51. The van der Waals surface area contributed by atoms with Crippen molar-refractivity contribution in [1.82, 2.24) is 14.8 Å². The predicted molar refractivity (Wildman–Crippen MR) is 117 cm³/mol. The highest BCUT2D eigenvalue weighted by molar-refractivity contribution is 7.11. The number of carbonyl (C=O) groups is 2. The Bertz CT molecular complexity index is 1100. The topological polar surface area (TPSA) is 95.3 Å². The Balaban J connectivity index is 1.89. The van der Waals surface area contributed by atoms with Crippen molar-refractivity contribution in [3.63, 3.8) is 0 Å². The number of piperazine rings is 1. The number of aliphatic carboxylic acids is 1. The van der Waals surface area contributed by atoms with Crippen molar-refractivity contribution in [2.24, 2.45) is 4.99 Å². The van der Waals surface area contributed by atoms with Gasteiger partial charge in [0.1, 0.15) is 11.9 Å². The molecule has 1 N–H and O–H groups in total. The largest absolute Gasteiger partial charge is 0.480 e. The summed E-state index contributed by atoms with van der Waals surface area (Å²) in [5, 5.41) is 11.8. The molecule has 168 valence electrons. The zero-order chi connectivity index (χ0) is 22.8. The van der Waals surface area contributed by atoms with Crippen LogP contribution in [0.4, 0.5) is 4.39 Å². The van der Waals surface area contributed by atoms with Crippen LogP contribution in [0.2, 0.25) is 0 Å². The van der Waals surface area contributed by atoms with Gasteiger partial charge in [-0.25, -0.2) is 14.2 Å². The van der Waals surface area contributed by atoms with Gasteiger partial charge in [0.25, 0.3) is 0 Å². The Labute approximate surface area is 188 Å². The Morgan fingerprint density at radius 1 is 1.34 bits per heavy atom. The molecule has 0 unspecified atom stereocenters. The molecule has 0 amide bonds. The number of carboxylic acids is 1. The van der Waals surface area contributed by atoms with Crippen molar-refractivity contribution < 1.29 is 23.8 Å². The maximum atomic E-state index is 13.8. The van der Waals surface area contributed by atoms with Crippen LogP contribution in [0.1, 0.15) is 29.1 Å². The number of carbonyl (C=O) groups excluding carboxylic acids is 1. The van der Waals surface area contributed by atoms with E-state index in [0.717, 1.165) is 0 Å². The fourth-order valence-corrected chi connectivity index (χ4v) is 4.71. The first-order valence-corrected chi connectivity index (χ1v) is 11.1. The summed E-state index contributed by atoms with van der Waals surface area (Å²) in [5.41, 5.74) is 2.33. The first-order valence-electron chi connectivity index (χ1n) is 10.2. The van der Waals surface area contributed by atoms with Crippen molar-refractivity contribution in [3.05, 3.63) is 63.0 Å². The number of aliphatic imine (C=N–C) groups is 1. The van der Waals surface area contributed by atoms with Crippen molar-refractivity contribution in [2.45, 2.75) is 19.9 Å². The van der Waals surface area contributed by atoms with Gasteiger partial charge < -0.3 is 14.7 Å². The zero-order valence-electron chi connectivity index (χ0n) is 17.7. The number of halogens is 1. The van der Waals surface area contributed by atoms with Crippen LogP contribution in [0, 0.1) is 12.7 Å². The summed E-state index contributed by atoms with van der Waals surface area (Å²) >= 11 is 1.43. The number of rotatable bonds is 6. The molecule has 1 aromatic carbocycles. The number of thiazole rings is 1. The molecule has 2 aliphatic rings. The fraction of sp³-hybridized carbons (Fsp3) is 0.364. The third-order valence-electron chi connectivity index (χ3n) is 5.43. The average Bonchev–Trinajstić information content (AvgIpc) is 3.27. The molecule has 1 saturated heterocycles. The van der Waals surface area contributed by atoms with E-state index in [1.165, 1.54) is 23.5 Å². The Hall–Kier alpha value is -3.11. The second kappa shape index (κ2) is 9.17. The van der Waals surface area contributed by atoms with Crippen molar-refractivity contribution in [1.29, 1.82) is 0 Å². The predicted octanol–water partition coefficient (Wildman–Crippen LogP) is 2.61. The lowest BCUT2D eigenvalue weighted by atomic mass is 9.91. The SMILES string of the molecule is CCOC(=O)C1=C2CN(CC(=O)O)CCN2C(c2nccs2)=N[C@H]1c1ccc(F)cc1C. The quantitative estimate of drug-likeness (QED) is 0.665. The van der Waals surface area contributed by atoms with Gasteiger partial charge in [0, 0.05) is 36.9 Å². The molecule has 32 heavy (non-hydrogen) atoms. The van der Waals surface area contributed by atoms with Gasteiger partial charge in [0.15, 0.2) is 10.8 Å². The minimum atomic E-state index is -0.938. The van der Waals surface area contributed by atoms with Crippen LogP contribution in [0.3, 0.4) is 0 Å². The lowest BCUT2D eigenvalue weighted by Gasteiger charge is -2.42. The van der Waals surface area contributed by atoms with E-state index < -0.39 is 18.0 Å². The van der Waals surface area contributed by atoms with E-state index in [9.17, 15) is 19.1 Å². The molecule has 0 bridgehead atoms. The molecule has 8 nitrogen and oxygen atoms in total. The number of nitrogens with zero attached hydrogens (tertiary/aromatic N) is 4. The summed E-state index contributed by atoms with van der Waals surface area (Å²) in [6, 6.07) is 3.67. The maximum Gasteiger partial charge on any atom is 0.338 e. The van der Waals surface area contributed by atoms with Gasteiger partial charge in [-0.15, -0.1) is 11.3 Å². The molecule has 1 fully saturated rings. The normalized spacial score (nSPS) is 18.9.